The van der Waals surface area contributed by atoms with Crippen molar-refractivity contribution in [1.82, 2.24) is 0 Å². The fraction of sp³-hybridized carbons (Fsp3) is 0.256. The smallest absolute Gasteiger partial charge is 0.185 e. The van der Waals surface area contributed by atoms with Crippen molar-refractivity contribution in [3.05, 3.63) is 137 Å². The minimum atomic E-state index is -1.56. The molecule has 220 valence electrons. The molecule has 1 aliphatic carbocycles. The summed E-state index contributed by atoms with van der Waals surface area (Å²) in [6.07, 6.45) is 4.86. The van der Waals surface area contributed by atoms with Gasteiger partial charge in [-0.3, -0.25) is 14.4 Å². The van der Waals surface area contributed by atoms with Crippen LogP contribution in [0.3, 0.4) is 0 Å². The third kappa shape index (κ3) is 4.02. The molecule has 1 saturated heterocycles. The first-order valence-electron chi connectivity index (χ1n) is 15.5. The van der Waals surface area contributed by atoms with Gasteiger partial charge < -0.3 is 9.64 Å². The van der Waals surface area contributed by atoms with Gasteiger partial charge in [0.15, 0.2) is 17.3 Å². The van der Waals surface area contributed by atoms with Crippen LogP contribution in [0.4, 0.5) is 5.69 Å². The van der Waals surface area contributed by atoms with E-state index in [0.717, 1.165) is 17.7 Å². The van der Waals surface area contributed by atoms with Crippen molar-refractivity contribution < 1.29 is 19.1 Å². The molecule has 1 spiro atoms. The Balaban J connectivity index is 1.50. The largest absolute Gasteiger partial charge is 0.494 e. The summed E-state index contributed by atoms with van der Waals surface area (Å²) in [6, 6.07) is 28.8. The molecule has 4 aromatic rings. The van der Waals surface area contributed by atoms with Crippen LogP contribution in [0.5, 0.6) is 5.75 Å². The Morgan fingerprint density at radius 2 is 1.48 bits per heavy atom. The van der Waals surface area contributed by atoms with Crippen molar-refractivity contribution in [2.75, 3.05) is 11.5 Å². The number of rotatable bonds is 7. The second-order valence-electron chi connectivity index (χ2n) is 12.4. The van der Waals surface area contributed by atoms with E-state index in [1.165, 1.54) is 5.56 Å². The van der Waals surface area contributed by atoms with E-state index in [-0.39, 0.29) is 17.3 Å². The van der Waals surface area contributed by atoms with Crippen LogP contribution in [0.15, 0.2) is 103 Å². The molecule has 1 fully saturated rings. The van der Waals surface area contributed by atoms with Crippen LogP contribution in [-0.2, 0) is 6.42 Å². The van der Waals surface area contributed by atoms with Crippen LogP contribution in [0.2, 0.25) is 0 Å². The maximum atomic E-state index is 15.0. The predicted octanol–water partition coefficient (Wildman–Crippen LogP) is 7.60. The van der Waals surface area contributed by atoms with E-state index in [0.29, 0.717) is 40.5 Å². The lowest BCUT2D eigenvalue weighted by Gasteiger charge is -2.37. The second-order valence-corrected chi connectivity index (χ2v) is 12.4. The van der Waals surface area contributed by atoms with Gasteiger partial charge in [-0.1, -0.05) is 111 Å². The number of carbonyl (C=O) groups is 3. The van der Waals surface area contributed by atoms with Crippen molar-refractivity contribution in [3.63, 3.8) is 0 Å². The number of hydrogen-bond donors (Lipinski definition) is 0. The highest BCUT2D eigenvalue weighted by Gasteiger charge is 2.71. The van der Waals surface area contributed by atoms with Crippen molar-refractivity contribution in [2.24, 2.45) is 11.3 Å². The number of para-hydroxylation sites is 2. The fourth-order valence-corrected chi connectivity index (χ4v) is 7.73. The van der Waals surface area contributed by atoms with Crippen LogP contribution >= 0.6 is 0 Å². The molecule has 44 heavy (non-hydrogen) atoms. The van der Waals surface area contributed by atoms with Gasteiger partial charge in [0.25, 0.3) is 0 Å². The standard InChI is InChI=1S/C39H35NO4/c1-4-44-32-16-10-8-14-30(32)34-35(36(41)27-19-17-25(18-20-27)23-24(2)3)40-31-15-9-5-11-26(31)21-22-33(40)39(34)37(42)28-12-6-7-13-29(28)38(39)43/h5-22,24,33-35H,4,23H2,1-3H3/t33?,34-,35+/m1/s1. The van der Waals surface area contributed by atoms with Gasteiger partial charge in [-0.2, -0.15) is 0 Å². The third-order valence-electron chi connectivity index (χ3n) is 9.42. The van der Waals surface area contributed by atoms with E-state index in [2.05, 4.69) is 18.7 Å². The molecule has 0 amide bonds. The Labute approximate surface area is 258 Å². The summed E-state index contributed by atoms with van der Waals surface area (Å²) in [7, 11) is 0. The van der Waals surface area contributed by atoms with E-state index in [1.807, 2.05) is 91.9 Å². The predicted molar refractivity (Wildman–Crippen MR) is 173 cm³/mol. The number of nitrogens with zero attached hydrogens (tertiary/aromatic N) is 1. The lowest BCUT2D eigenvalue weighted by Crippen LogP contribution is -2.48. The number of ether oxygens (including phenoxy) is 1. The van der Waals surface area contributed by atoms with Gasteiger partial charge in [-0.05, 0) is 42.5 Å². The lowest BCUT2D eigenvalue weighted by molar-refractivity contribution is 0.0664. The minimum Gasteiger partial charge on any atom is -0.494 e. The Morgan fingerprint density at radius 1 is 0.841 bits per heavy atom. The van der Waals surface area contributed by atoms with Gasteiger partial charge in [0, 0.05) is 33.9 Å². The molecule has 0 bridgehead atoms. The lowest BCUT2D eigenvalue weighted by atomic mass is 9.64. The highest BCUT2D eigenvalue weighted by molar-refractivity contribution is 6.32. The molecular weight excluding hydrogens is 546 g/mol. The van der Waals surface area contributed by atoms with Gasteiger partial charge in [-0.15, -0.1) is 0 Å². The zero-order valence-electron chi connectivity index (χ0n) is 25.2. The Hall–Kier alpha value is -4.77. The van der Waals surface area contributed by atoms with E-state index >= 15 is 0 Å². The maximum Gasteiger partial charge on any atom is 0.185 e. The van der Waals surface area contributed by atoms with E-state index < -0.39 is 23.4 Å². The molecule has 0 aromatic heterocycles. The average molecular weight is 582 g/mol. The fourth-order valence-electron chi connectivity index (χ4n) is 7.73. The molecule has 5 heteroatoms. The molecule has 0 saturated carbocycles. The summed E-state index contributed by atoms with van der Waals surface area (Å²) in [4.78, 5) is 46.8. The zero-order chi connectivity index (χ0) is 30.6. The van der Waals surface area contributed by atoms with Crippen molar-refractivity contribution in [1.29, 1.82) is 0 Å². The third-order valence-corrected chi connectivity index (χ3v) is 9.42. The van der Waals surface area contributed by atoms with Crippen LogP contribution in [0.25, 0.3) is 6.08 Å². The molecule has 3 aliphatic rings. The second kappa shape index (κ2) is 10.7. The molecule has 2 aliphatic heterocycles. The average Bonchev–Trinajstić information content (AvgIpc) is 3.47. The minimum absolute atomic E-state index is 0.124. The van der Waals surface area contributed by atoms with Crippen molar-refractivity contribution >= 4 is 29.1 Å². The molecule has 7 rings (SSSR count). The Kier molecular flexibility index (Phi) is 6.84. The van der Waals surface area contributed by atoms with E-state index in [1.54, 1.807) is 24.3 Å². The number of anilines is 1. The quantitative estimate of drug-likeness (QED) is 0.166. The first-order valence-corrected chi connectivity index (χ1v) is 15.5. The topological polar surface area (TPSA) is 63.7 Å². The number of Topliss-reactive ketones (excluding diaryl/α,β-unsaturated/α-hetero) is 3. The van der Waals surface area contributed by atoms with E-state index in [4.69, 9.17) is 4.74 Å². The Morgan fingerprint density at radius 3 is 2.16 bits per heavy atom. The highest BCUT2D eigenvalue weighted by atomic mass is 16.5. The molecule has 2 heterocycles. The molecule has 0 N–H and O–H groups in total. The molecule has 4 aromatic carbocycles. The Bertz CT molecular complexity index is 1780. The normalized spacial score (nSPS) is 21.0. The summed E-state index contributed by atoms with van der Waals surface area (Å²) in [5, 5.41) is 0. The van der Waals surface area contributed by atoms with Gasteiger partial charge in [0.2, 0.25) is 0 Å². The summed E-state index contributed by atoms with van der Waals surface area (Å²) in [5.74, 6) is -0.337. The van der Waals surface area contributed by atoms with Gasteiger partial charge in [0.1, 0.15) is 17.2 Å². The molecule has 1 unspecified atom stereocenters. The number of hydrogen-bond acceptors (Lipinski definition) is 5. The monoisotopic (exact) mass is 581 g/mol. The van der Waals surface area contributed by atoms with E-state index in [9.17, 15) is 14.4 Å². The van der Waals surface area contributed by atoms with Crippen LogP contribution in [-0.4, -0.2) is 36.0 Å². The van der Waals surface area contributed by atoms with Crippen molar-refractivity contribution in [2.45, 2.75) is 45.2 Å². The first kappa shape index (κ1) is 28.0. The van der Waals surface area contributed by atoms with Crippen LogP contribution in [0, 0.1) is 11.3 Å². The zero-order valence-corrected chi connectivity index (χ0v) is 25.2. The highest BCUT2D eigenvalue weighted by Crippen LogP contribution is 2.62. The number of carbonyl (C=O) groups excluding carboxylic acids is 3. The number of ketones is 3. The van der Waals surface area contributed by atoms with Crippen molar-refractivity contribution in [3.8, 4) is 5.75 Å². The molecule has 3 atom stereocenters. The SMILES string of the molecule is CCOc1ccccc1[C@@H]1[C@@H](C(=O)c2ccc(CC(C)C)cc2)N2c3ccccc3C=CC2C12C(=O)c1ccccc1C2=O. The summed E-state index contributed by atoms with van der Waals surface area (Å²) in [5.41, 5.74) is 3.46. The summed E-state index contributed by atoms with van der Waals surface area (Å²) in [6.45, 7) is 6.66. The molecule has 5 nitrogen and oxygen atoms in total. The summed E-state index contributed by atoms with van der Waals surface area (Å²) < 4.78 is 6.14. The van der Waals surface area contributed by atoms with Crippen LogP contribution < -0.4 is 9.64 Å². The number of benzene rings is 4. The van der Waals surface area contributed by atoms with Gasteiger partial charge in [0.05, 0.1) is 12.6 Å². The van der Waals surface area contributed by atoms with Gasteiger partial charge >= 0.3 is 0 Å². The van der Waals surface area contributed by atoms with Gasteiger partial charge in [-0.25, -0.2) is 0 Å². The maximum absolute atomic E-state index is 15.0. The van der Waals surface area contributed by atoms with Crippen LogP contribution in [0.1, 0.15) is 74.5 Å². The molecule has 0 radical (unpaired) electrons. The summed E-state index contributed by atoms with van der Waals surface area (Å²) >= 11 is 0. The first-order chi connectivity index (χ1) is 21.4. The molecular formula is C39H35NO4. The number of fused-ring (bicyclic) bond motifs is 5.